The van der Waals surface area contributed by atoms with Crippen molar-refractivity contribution in [3.8, 4) is 0 Å². The molecule has 0 saturated carbocycles. The third kappa shape index (κ3) is 93.4. The van der Waals surface area contributed by atoms with Crippen molar-refractivity contribution >= 4 is 0 Å². The summed E-state index contributed by atoms with van der Waals surface area (Å²) < 4.78 is 8.38. The molecule has 0 aliphatic carbocycles. The molecule has 3 nitrogen and oxygen atoms in total. The molecule has 0 aromatic carbocycles. The fourth-order valence-electron chi connectivity index (χ4n) is 0.0707. The van der Waals surface area contributed by atoms with E-state index in [-0.39, 0.29) is 31.5 Å². The Labute approximate surface area is 71.7 Å². The van der Waals surface area contributed by atoms with Gasteiger partial charge in [0.25, 0.3) is 0 Å². The molecule has 4 heteroatoms. The second-order valence-corrected chi connectivity index (χ2v) is 1.15. The molecule has 0 heterocycles. The van der Waals surface area contributed by atoms with Gasteiger partial charge in [-0.25, -0.2) is 0 Å². The van der Waals surface area contributed by atoms with E-state index in [1.807, 2.05) is 0 Å². The zero-order valence-electron chi connectivity index (χ0n) is 6.34. The van der Waals surface area contributed by atoms with Crippen LogP contribution < -0.4 is 0 Å². The molecule has 0 unspecified atom stereocenters. The Morgan fingerprint density at radius 2 is 1.60 bits per heavy atom. The number of hydrogen-bond donors (Lipinski definition) is 2. The summed E-state index contributed by atoms with van der Waals surface area (Å²) in [5.41, 5.74) is 0. The van der Waals surface area contributed by atoms with Crippen molar-refractivity contribution in [2.75, 3.05) is 13.2 Å². The van der Waals surface area contributed by atoms with Crippen molar-refractivity contribution in [1.29, 1.82) is 0 Å². The van der Waals surface area contributed by atoms with Crippen LogP contribution in [0.1, 0.15) is 13.3 Å². The third-order valence-electron chi connectivity index (χ3n) is 0.316. The van der Waals surface area contributed by atoms with E-state index in [9.17, 15) is 0 Å². The van der Waals surface area contributed by atoms with Crippen molar-refractivity contribution in [3.63, 3.8) is 0 Å². The number of hydrogen-bond acceptors (Lipinski definition) is 3. The van der Waals surface area contributed by atoms with Gasteiger partial charge in [-0.3, -0.25) is 6.58 Å². The molecular weight excluding hydrogens is 185 g/mol. The quantitative estimate of drug-likeness (QED) is 0.494. The van der Waals surface area contributed by atoms with Gasteiger partial charge in [0, 0.05) is 13.2 Å². The molecular formula is C6H13O3Zn-. The first kappa shape index (κ1) is 16.6. The predicted octanol–water partition coefficient (Wildman–Crippen LogP) is 0.235. The van der Waals surface area contributed by atoms with Gasteiger partial charge in [-0.1, -0.05) is 0 Å². The molecule has 2 N–H and O–H groups in total. The van der Waals surface area contributed by atoms with Gasteiger partial charge in [0.05, 0.1) is 0 Å². The van der Waals surface area contributed by atoms with Gasteiger partial charge in [-0.05, 0) is 6.42 Å². The van der Waals surface area contributed by atoms with E-state index < -0.39 is 0 Å². The Morgan fingerprint density at radius 1 is 1.40 bits per heavy atom. The fraction of sp³-hybridized carbons (Fsp3) is 0.667. The van der Waals surface area contributed by atoms with E-state index in [1.54, 1.807) is 6.92 Å². The van der Waals surface area contributed by atoms with E-state index in [4.69, 9.17) is 13.8 Å². The molecule has 0 fully saturated rings. The summed E-state index contributed by atoms with van der Waals surface area (Å²) in [4.78, 5) is 0. The molecule has 0 radical (unpaired) electrons. The first-order valence-corrected chi connectivity index (χ1v) is 3.99. The minimum absolute atomic E-state index is 0.0938. The summed E-state index contributed by atoms with van der Waals surface area (Å²) in [6.07, 6.45) is 3.00. The van der Waals surface area contributed by atoms with Crippen molar-refractivity contribution in [2.45, 2.75) is 13.3 Å². The number of aliphatic hydroxyl groups is 2. The van der Waals surface area contributed by atoms with Crippen LogP contribution in [0.3, 0.4) is 0 Å². The van der Waals surface area contributed by atoms with E-state index in [0.717, 1.165) is 0 Å². The average molecular weight is 199 g/mol. The molecule has 0 bridgehead atoms. The normalized spacial score (nSPS) is 6.10. The Bertz CT molecular complexity index is 48.3. The van der Waals surface area contributed by atoms with E-state index in [2.05, 4.69) is 12.7 Å². The average Bonchev–Trinajstić information content (AvgIpc) is 1.96. The van der Waals surface area contributed by atoms with Gasteiger partial charge in [0.2, 0.25) is 0 Å². The van der Waals surface area contributed by atoms with Crippen LogP contribution in [0.2, 0.25) is 0 Å². The molecule has 0 saturated heterocycles. The summed E-state index contributed by atoms with van der Waals surface area (Å²) in [5, 5.41) is 15.8. The molecule has 10 heavy (non-hydrogen) atoms. The maximum atomic E-state index is 8.38. The van der Waals surface area contributed by atoms with Crippen molar-refractivity contribution in [2.24, 2.45) is 0 Å². The topological polar surface area (TPSA) is 57.5 Å². The van der Waals surface area contributed by atoms with Crippen LogP contribution >= 0.6 is 0 Å². The Balaban J connectivity index is -0.0000000847. The fourth-order valence-corrected chi connectivity index (χ4v) is 0.0707. The van der Waals surface area contributed by atoms with Crippen LogP contribution in [-0.2, 0) is 21.8 Å². The molecule has 58 valence electrons. The maximum absolute atomic E-state index is 8.38. The first-order chi connectivity index (χ1) is 4.83. The van der Waals surface area contributed by atoms with Gasteiger partial charge in [0.1, 0.15) is 0 Å². The van der Waals surface area contributed by atoms with Gasteiger partial charge in [0.15, 0.2) is 0 Å². The van der Waals surface area contributed by atoms with Crippen molar-refractivity contribution < 1.29 is 32.0 Å². The number of allylic oxidation sites excluding steroid dienone is 1. The summed E-state index contributed by atoms with van der Waals surface area (Å²) >= 11 is 0.125. The summed E-state index contributed by atoms with van der Waals surface area (Å²) in [6.45, 7) is 5.19. The van der Waals surface area contributed by atoms with E-state index >= 15 is 0 Å². The number of aliphatic hydroxyl groups excluding tert-OH is 2. The van der Waals surface area contributed by atoms with Gasteiger partial charge in [-0.15, -0.1) is 0 Å². The Hall–Kier alpha value is 0.0834. The second-order valence-electron chi connectivity index (χ2n) is 1.15. The van der Waals surface area contributed by atoms with Crippen LogP contribution in [0.15, 0.2) is 6.58 Å². The zero-order valence-corrected chi connectivity index (χ0v) is 9.31. The van der Waals surface area contributed by atoms with Crippen LogP contribution in [0, 0.1) is 6.08 Å². The van der Waals surface area contributed by atoms with Crippen LogP contribution in [-0.4, -0.2) is 23.4 Å². The van der Waals surface area contributed by atoms with Crippen LogP contribution in [0.25, 0.3) is 0 Å². The monoisotopic (exact) mass is 197 g/mol. The van der Waals surface area contributed by atoms with E-state index in [0.29, 0.717) is 6.42 Å². The van der Waals surface area contributed by atoms with Gasteiger partial charge in [-0.2, -0.15) is 6.92 Å². The standard InChI is InChI=1S/C3H8O2.C3H5.O.Zn/c4-2-1-3-5;1-3-2;;/h4-5H,1-3H2;1H2,2H3;;/q;-1;;. The Kier molecular flexibility index (Phi) is 59.0. The summed E-state index contributed by atoms with van der Waals surface area (Å²) in [6, 6.07) is 0. The molecule has 0 aromatic heterocycles. The molecule has 0 spiro atoms. The van der Waals surface area contributed by atoms with Crippen molar-refractivity contribution in [3.05, 3.63) is 12.7 Å². The first-order valence-electron chi connectivity index (χ1n) is 2.77. The zero-order chi connectivity index (χ0) is 8.83. The van der Waals surface area contributed by atoms with Gasteiger partial charge < -0.3 is 16.3 Å². The second kappa shape index (κ2) is 35.6. The van der Waals surface area contributed by atoms with Crippen LogP contribution in [0.5, 0.6) is 0 Å². The third-order valence-corrected chi connectivity index (χ3v) is 0.316. The number of rotatable bonds is 2. The van der Waals surface area contributed by atoms with Crippen molar-refractivity contribution in [1.82, 2.24) is 0 Å². The van der Waals surface area contributed by atoms with E-state index in [1.165, 1.54) is 0 Å². The van der Waals surface area contributed by atoms with Gasteiger partial charge >= 0.3 is 21.8 Å². The molecule has 0 aromatic rings. The molecule has 0 aliphatic heterocycles. The minimum atomic E-state index is 0.0938. The predicted molar refractivity (Wildman–Crippen MR) is 34.0 cm³/mol. The SMILES string of the molecule is C=[C-]C.OCCCO.[O]=[Zn]. The molecule has 0 atom stereocenters. The summed E-state index contributed by atoms with van der Waals surface area (Å²) in [5.74, 6) is 0. The molecule has 0 rings (SSSR count). The van der Waals surface area contributed by atoms with Crippen LogP contribution in [0.4, 0.5) is 0 Å². The Morgan fingerprint density at radius 3 is 1.60 bits per heavy atom. The molecule has 0 amide bonds. The molecule has 0 aliphatic rings. The summed E-state index contributed by atoms with van der Waals surface area (Å²) in [7, 11) is 0.